The van der Waals surface area contributed by atoms with Gasteiger partial charge in [-0.1, -0.05) is 0 Å². The standard InChI is InChI=1S/C40H43F8N5O4/c41-36-14-21-11-22(15-36)39(35(55)56,23(12-21)16-36)51-34(54)29-17-49-33(50-32(29)40(46,47)48)30-18-53(25-7-9-37(42,43)10-8-25)31-13-27(5-6-28(30)31)57-26-3-1-24(2-4-26)52-19-38(44,45)20-52/h5-6,13,17-18,21-26H,1-4,7-12,14-16,19-20H2,(H,51,54)(H,55,56)/t21?,22-,23+,24?,26?,36?,39?. The summed E-state index contributed by atoms with van der Waals surface area (Å²) in [6, 6.07) is 4.62. The molecule has 7 aliphatic rings. The number of nitrogens with zero attached hydrogens (tertiary/aromatic N) is 4. The van der Waals surface area contributed by atoms with Crippen LogP contribution in [0.1, 0.15) is 106 Å². The second kappa shape index (κ2) is 13.2. The van der Waals surface area contributed by atoms with Crippen LogP contribution in [-0.4, -0.2) is 84.7 Å². The summed E-state index contributed by atoms with van der Waals surface area (Å²) in [6.45, 7) is -0.490. The molecule has 10 rings (SSSR count). The molecule has 1 aromatic carbocycles. The van der Waals surface area contributed by atoms with E-state index in [1.165, 1.54) is 6.20 Å². The number of hydrogen-bond donors (Lipinski definition) is 2. The van der Waals surface area contributed by atoms with Gasteiger partial charge in [-0.25, -0.2) is 36.7 Å². The Balaban J connectivity index is 1.02. The van der Waals surface area contributed by atoms with Crippen LogP contribution >= 0.6 is 0 Å². The third kappa shape index (κ3) is 6.82. The lowest BCUT2D eigenvalue weighted by Crippen LogP contribution is -2.72. The Bertz CT molecular complexity index is 2060. The van der Waals surface area contributed by atoms with Gasteiger partial charge in [-0.05, 0) is 101 Å². The highest BCUT2D eigenvalue weighted by atomic mass is 19.4. The number of amides is 1. The molecular formula is C40H43F8N5O4. The van der Waals surface area contributed by atoms with Crippen molar-refractivity contribution in [2.45, 2.75) is 131 Å². The third-order valence-electron chi connectivity index (χ3n) is 13.8. The highest BCUT2D eigenvalue weighted by Crippen LogP contribution is 2.61. The van der Waals surface area contributed by atoms with Crippen LogP contribution in [0.25, 0.3) is 22.3 Å². The summed E-state index contributed by atoms with van der Waals surface area (Å²) in [5.41, 5.74) is -5.39. The van der Waals surface area contributed by atoms with Crippen molar-refractivity contribution in [3.05, 3.63) is 41.9 Å². The van der Waals surface area contributed by atoms with Crippen molar-refractivity contribution in [3.8, 4) is 17.1 Å². The van der Waals surface area contributed by atoms with Crippen molar-refractivity contribution in [2.75, 3.05) is 13.1 Å². The monoisotopic (exact) mass is 809 g/mol. The summed E-state index contributed by atoms with van der Waals surface area (Å²) in [6.07, 6.45) is -0.235. The molecule has 1 aliphatic heterocycles. The van der Waals surface area contributed by atoms with E-state index in [2.05, 4.69) is 15.3 Å². The van der Waals surface area contributed by atoms with Crippen molar-refractivity contribution < 1.29 is 54.6 Å². The van der Waals surface area contributed by atoms with Crippen LogP contribution in [0.15, 0.2) is 30.6 Å². The van der Waals surface area contributed by atoms with Gasteiger partial charge in [-0.3, -0.25) is 9.69 Å². The normalized spacial score (nSPS) is 33.6. The Labute approximate surface area is 322 Å². The van der Waals surface area contributed by atoms with E-state index < -0.39 is 70.2 Å². The first-order valence-electron chi connectivity index (χ1n) is 19.8. The second-order valence-electron chi connectivity index (χ2n) is 17.6. The summed E-state index contributed by atoms with van der Waals surface area (Å²) in [7, 11) is 0. The van der Waals surface area contributed by atoms with Gasteiger partial charge in [-0.15, -0.1) is 0 Å². The van der Waals surface area contributed by atoms with Crippen molar-refractivity contribution in [1.29, 1.82) is 0 Å². The number of ether oxygens (including phenoxy) is 1. The number of likely N-dealkylation sites (tertiary alicyclic amines) is 1. The van der Waals surface area contributed by atoms with Gasteiger partial charge in [0.25, 0.3) is 11.8 Å². The number of fused-ring (bicyclic) bond motifs is 1. The summed E-state index contributed by atoms with van der Waals surface area (Å²) in [5.74, 6) is -9.79. The van der Waals surface area contributed by atoms with Gasteiger partial charge in [0.05, 0.1) is 30.3 Å². The smallest absolute Gasteiger partial charge is 0.434 e. The molecule has 6 saturated carbocycles. The first-order valence-corrected chi connectivity index (χ1v) is 19.8. The number of halogens is 8. The largest absolute Gasteiger partial charge is 0.490 e. The molecule has 0 spiro atoms. The minimum atomic E-state index is -5.17. The average Bonchev–Trinajstić information content (AvgIpc) is 3.50. The topological polar surface area (TPSA) is 110 Å². The molecule has 308 valence electrons. The van der Waals surface area contributed by atoms with Crippen LogP contribution < -0.4 is 10.1 Å². The number of carboxylic acids is 1. The molecule has 7 fully saturated rings. The molecule has 57 heavy (non-hydrogen) atoms. The predicted octanol–water partition coefficient (Wildman–Crippen LogP) is 8.61. The van der Waals surface area contributed by atoms with E-state index in [4.69, 9.17) is 4.74 Å². The summed E-state index contributed by atoms with van der Waals surface area (Å²) in [4.78, 5) is 36.4. The van der Waals surface area contributed by atoms with E-state index in [9.17, 15) is 45.4 Å². The number of carboxylic acid groups (broad SMARTS) is 1. The van der Waals surface area contributed by atoms with Gasteiger partial charge >= 0.3 is 12.1 Å². The second-order valence-corrected chi connectivity index (χ2v) is 17.6. The number of nitrogens with one attached hydrogen (secondary N) is 1. The lowest BCUT2D eigenvalue weighted by Gasteiger charge is -2.61. The van der Waals surface area contributed by atoms with E-state index in [1.54, 1.807) is 27.7 Å². The average molecular weight is 810 g/mol. The molecule has 1 amide bonds. The highest BCUT2D eigenvalue weighted by molar-refractivity contribution is 6.00. The number of benzene rings is 1. The molecule has 6 aliphatic carbocycles. The van der Waals surface area contributed by atoms with Crippen molar-refractivity contribution in [2.24, 2.45) is 17.8 Å². The molecule has 0 radical (unpaired) electrons. The molecule has 3 heterocycles. The van der Waals surface area contributed by atoms with E-state index in [1.807, 2.05) is 0 Å². The van der Waals surface area contributed by atoms with Crippen LogP contribution in [0.3, 0.4) is 0 Å². The van der Waals surface area contributed by atoms with Crippen molar-refractivity contribution >= 4 is 22.8 Å². The number of carbonyl (C=O) groups excluding carboxylic acids is 1. The maximum Gasteiger partial charge on any atom is 0.434 e. The number of rotatable bonds is 8. The molecule has 17 heteroatoms. The van der Waals surface area contributed by atoms with Gasteiger partial charge in [0.15, 0.2) is 11.5 Å². The van der Waals surface area contributed by atoms with Crippen LogP contribution in [-0.2, 0) is 11.0 Å². The molecule has 2 aromatic heterocycles. The highest BCUT2D eigenvalue weighted by Gasteiger charge is 2.67. The molecular weight excluding hydrogens is 766 g/mol. The molecule has 3 unspecified atom stereocenters. The zero-order valence-electron chi connectivity index (χ0n) is 30.9. The Morgan fingerprint density at radius 2 is 1.54 bits per heavy atom. The minimum absolute atomic E-state index is 0.0508. The quantitative estimate of drug-likeness (QED) is 0.220. The number of carbonyl (C=O) groups is 2. The number of hydrogen-bond acceptors (Lipinski definition) is 6. The lowest BCUT2D eigenvalue weighted by atomic mass is 9.47. The molecule has 2 N–H and O–H groups in total. The number of aliphatic carboxylic acids is 1. The summed E-state index contributed by atoms with van der Waals surface area (Å²) < 4.78 is 123. The summed E-state index contributed by atoms with van der Waals surface area (Å²) >= 11 is 0. The number of alkyl halides is 8. The predicted molar refractivity (Wildman–Crippen MR) is 189 cm³/mol. The molecule has 1 saturated heterocycles. The van der Waals surface area contributed by atoms with E-state index >= 15 is 4.39 Å². The molecule has 5 atom stereocenters. The number of aromatic nitrogens is 3. The Hall–Kier alpha value is -4.02. The summed E-state index contributed by atoms with van der Waals surface area (Å²) in [5, 5.41) is 13.3. The molecule has 4 bridgehead atoms. The molecule has 9 nitrogen and oxygen atoms in total. The molecule has 3 aromatic rings. The zero-order chi connectivity index (χ0) is 40.3. The lowest BCUT2D eigenvalue weighted by molar-refractivity contribution is -0.174. The SMILES string of the molecule is O=C(NC1(C(=O)O)[C@@H]2CC3C[C@H]1CC(F)(C3)C2)c1cnc(-c2cn(C3CCC(F)(F)CC3)c3cc(OC4CCC(N5CC(F)(F)C5)CC4)ccc23)nc1C(F)(F)F. The van der Waals surface area contributed by atoms with Gasteiger partial charge in [0.2, 0.25) is 5.92 Å². The van der Waals surface area contributed by atoms with Crippen LogP contribution in [0.2, 0.25) is 0 Å². The Kier molecular flexibility index (Phi) is 8.95. The van der Waals surface area contributed by atoms with Crippen molar-refractivity contribution in [3.63, 3.8) is 0 Å². The van der Waals surface area contributed by atoms with E-state index in [0.29, 0.717) is 61.6 Å². The van der Waals surface area contributed by atoms with Gasteiger partial charge in [-0.2, -0.15) is 13.2 Å². The minimum Gasteiger partial charge on any atom is -0.490 e. The fraction of sp³-hybridized carbons (Fsp3) is 0.650. The van der Waals surface area contributed by atoms with Gasteiger partial charge in [0, 0.05) is 54.3 Å². The van der Waals surface area contributed by atoms with Crippen LogP contribution in [0, 0.1) is 17.8 Å². The maximum atomic E-state index is 15.5. The first-order chi connectivity index (χ1) is 26.8. The maximum absolute atomic E-state index is 15.5. The first kappa shape index (κ1) is 38.5. The Morgan fingerprint density at radius 1 is 0.877 bits per heavy atom. The zero-order valence-corrected chi connectivity index (χ0v) is 30.9. The van der Waals surface area contributed by atoms with E-state index in [-0.39, 0.29) is 81.1 Å². The fourth-order valence-electron chi connectivity index (χ4n) is 11.3. The Morgan fingerprint density at radius 3 is 2.14 bits per heavy atom. The van der Waals surface area contributed by atoms with Crippen LogP contribution in [0.5, 0.6) is 5.75 Å². The fourth-order valence-corrected chi connectivity index (χ4v) is 11.3. The van der Waals surface area contributed by atoms with Gasteiger partial charge in [0.1, 0.15) is 17.0 Å². The van der Waals surface area contributed by atoms with Crippen molar-refractivity contribution in [1.82, 2.24) is 24.8 Å². The van der Waals surface area contributed by atoms with E-state index in [0.717, 1.165) is 6.20 Å². The third-order valence-corrected chi connectivity index (χ3v) is 13.8. The van der Waals surface area contributed by atoms with Crippen LogP contribution in [0.4, 0.5) is 35.1 Å². The van der Waals surface area contributed by atoms with Gasteiger partial charge < -0.3 is 19.7 Å².